The topological polar surface area (TPSA) is 69.4 Å². The molecule has 0 spiro atoms. The van der Waals surface area contributed by atoms with Crippen LogP contribution in [0.15, 0.2) is 60.8 Å². The first-order valence-electron chi connectivity index (χ1n) is 9.98. The van der Waals surface area contributed by atoms with Crippen molar-refractivity contribution < 1.29 is 9.84 Å². The molecule has 1 fully saturated rings. The minimum Gasteiger partial charge on any atom is -0.386 e. The minimum atomic E-state index is -0.895. The lowest BCUT2D eigenvalue weighted by Crippen LogP contribution is -2.41. The van der Waals surface area contributed by atoms with Gasteiger partial charge in [-0.05, 0) is 42.0 Å². The highest BCUT2D eigenvalue weighted by atomic mass is 35.5. The Hall–Kier alpha value is -2.46. The van der Waals surface area contributed by atoms with E-state index < -0.39 is 6.10 Å². The number of hydrogen-bond acceptors (Lipinski definition) is 5. The number of nitriles is 1. The van der Waals surface area contributed by atoms with Gasteiger partial charge in [-0.25, -0.2) is 0 Å². The van der Waals surface area contributed by atoms with Crippen LogP contribution in [0.3, 0.4) is 0 Å². The van der Waals surface area contributed by atoms with E-state index in [9.17, 15) is 10.4 Å². The molecule has 4 rings (SSSR count). The van der Waals surface area contributed by atoms with Crippen LogP contribution in [0.1, 0.15) is 28.8 Å². The molecule has 1 aliphatic rings. The van der Waals surface area contributed by atoms with E-state index in [1.807, 2.05) is 24.3 Å². The molecule has 2 unspecified atom stereocenters. The number of halogens is 2. The average molecular weight is 454 g/mol. The van der Waals surface area contributed by atoms with Gasteiger partial charge in [-0.2, -0.15) is 5.26 Å². The van der Waals surface area contributed by atoms with Crippen molar-refractivity contribution in [1.29, 1.82) is 5.26 Å². The van der Waals surface area contributed by atoms with Crippen LogP contribution in [0.25, 0.3) is 11.3 Å². The third-order valence-electron chi connectivity index (χ3n) is 5.39. The smallest absolute Gasteiger partial charge is 0.101 e. The molecule has 2 heterocycles. The van der Waals surface area contributed by atoms with Gasteiger partial charge in [0.2, 0.25) is 0 Å². The van der Waals surface area contributed by atoms with E-state index in [1.54, 1.807) is 36.5 Å². The number of ether oxygens (including phenoxy) is 1. The highest BCUT2D eigenvalue weighted by Crippen LogP contribution is 2.39. The minimum absolute atomic E-state index is 0.366. The molecule has 1 aromatic heterocycles. The van der Waals surface area contributed by atoms with E-state index in [4.69, 9.17) is 27.9 Å². The second-order valence-corrected chi connectivity index (χ2v) is 8.25. The molecule has 7 heteroatoms. The fourth-order valence-electron chi connectivity index (χ4n) is 4.00. The summed E-state index contributed by atoms with van der Waals surface area (Å²) in [6.07, 6.45) is 0.786. The van der Waals surface area contributed by atoms with Crippen LogP contribution < -0.4 is 0 Å². The van der Waals surface area contributed by atoms with Crippen molar-refractivity contribution in [2.24, 2.45) is 0 Å². The highest BCUT2D eigenvalue weighted by Gasteiger charge is 2.32. The molecule has 31 heavy (non-hydrogen) atoms. The maximum absolute atomic E-state index is 11.7. The number of aromatic nitrogens is 1. The molecule has 1 saturated heterocycles. The number of rotatable bonds is 5. The Morgan fingerprint density at radius 3 is 2.48 bits per heavy atom. The van der Waals surface area contributed by atoms with Crippen molar-refractivity contribution in [2.75, 3.05) is 26.3 Å². The van der Waals surface area contributed by atoms with E-state index in [0.717, 1.165) is 11.1 Å². The predicted octanol–water partition coefficient (Wildman–Crippen LogP) is 5.03. The molecule has 2 aromatic carbocycles. The van der Waals surface area contributed by atoms with Gasteiger partial charge in [0.05, 0.1) is 36.6 Å². The van der Waals surface area contributed by atoms with Gasteiger partial charge in [-0.1, -0.05) is 41.4 Å². The van der Waals surface area contributed by atoms with Gasteiger partial charge < -0.3 is 9.84 Å². The van der Waals surface area contributed by atoms with Crippen LogP contribution in [0.5, 0.6) is 0 Å². The Kier molecular flexibility index (Phi) is 6.86. The lowest BCUT2D eigenvalue weighted by atomic mass is 9.90. The third-order valence-corrected chi connectivity index (χ3v) is 5.83. The number of aliphatic hydroxyl groups excluding tert-OH is 1. The van der Waals surface area contributed by atoms with Crippen LogP contribution in [-0.2, 0) is 4.74 Å². The van der Waals surface area contributed by atoms with Crippen LogP contribution >= 0.6 is 23.2 Å². The number of morpholine rings is 1. The summed E-state index contributed by atoms with van der Waals surface area (Å²) in [5, 5.41) is 22.0. The maximum Gasteiger partial charge on any atom is 0.101 e. The quantitative estimate of drug-likeness (QED) is 0.586. The van der Waals surface area contributed by atoms with Crippen molar-refractivity contribution in [3.8, 4) is 17.3 Å². The number of pyridine rings is 1. The molecule has 0 radical (unpaired) electrons. The molecular weight excluding hydrogens is 433 g/mol. The van der Waals surface area contributed by atoms with E-state index in [0.29, 0.717) is 53.2 Å². The van der Waals surface area contributed by atoms with E-state index in [-0.39, 0.29) is 6.04 Å². The molecule has 1 N–H and O–H groups in total. The number of hydrogen-bond donors (Lipinski definition) is 1. The monoisotopic (exact) mass is 453 g/mol. The Morgan fingerprint density at radius 2 is 1.77 bits per heavy atom. The first-order valence-corrected chi connectivity index (χ1v) is 10.7. The zero-order valence-corrected chi connectivity index (χ0v) is 18.2. The van der Waals surface area contributed by atoms with Crippen LogP contribution in [-0.4, -0.2) is 41.3 Å². The first kappa shape index (κ1) is 21.8. The van der Waals surface area contributed by atoms with Gasteiger partial charge in [-0.3, -0.25) is 9.88 Å². The first-order chi connectivity index (χ1) is 15.1. The van der Waals surface area contributed by atoms with Crippen molar-refractivity contribution in [3.05, 3.63) is 87.5 Å². The number of benzene rings is 2. The van der Waals surface area contributed by atoms with Gasteiger partial charge >= 0.3 is 0 Å². The lowest BCUT2D eigenvalue weighted by molar-refractivity contribution is -0.0237. The molecule has 0 saturated carbocycles. The molecule has 0 amide bonds. The summed E-state index contributed by atoms with van der Waals surface area (Å²) < 4.78 is 5.52. The summed E-state index contributed by atoms with van der Waals surface area (Å²) in [5.41, 5.74) is 3.44. The fraction of sp³-hybridized carbons (Fsp3) is 0.250. The van der Waals surface area contributed by atoms with Crippen molar-refractivity contribution in [3.63, 3.8) is 0 Å². The average Bonchev–Trinajstić information content (AvgIpc) is 2.79. The molecular formula is C24H21Cl2N3O2. The zero-order chi connectivity index (χ0) is 21.8. The molecule has 2 atom stereocenters. The van der Waals surface area contributed by atoms with E-state index in [1.165, 1.54) is 0 Å². The van der Waals surface area contributed by atoms with Crippen molar-refractivity contribution >= 4 is 23.2 Å². The summed E-state index contributed by atoms with van der Waals surface area (Å²) in [6.45, 7) is 2.53. The van der Waals surface area contributed by atoms with Crippen LogP contribution in [0.4, 0.5) is 0 Å². The fourth-order valence-corrected chi connectivity index (χ4v) is 4.52. The van der Waals surface area contributed by atoms with Crippen LogP contribution in [0.2, 0.25) is 10.0 Å². The standard InChI is InChI=1S/C24H21Cl2N3O2/c25-19-12-18(13-20(26)14-19)22-21(5-2-6-28-22)24(30)23(29-7-9-31-10-8-29)17-4-1-3-16(11-17)15-27/h1-6,11-14,23-24,30H,7-10H2. The van der Waals surface area contributed by atoms with Gasteiger partial charge in [0.1, 0.15) is 6.10 Å². The Balaban J connectivity index is 1.80. The van der Waals surface area contributed by atoms with Crippen molar-refractivity contribution in [1.82, 2.24) is 9.88 Å². The summed E-state index contributed by atoms with van der Waals surface area (Å²) in [7, 11) is 0. The Morgan fingerprint density at radius 1 is 1.03 bits per heavy atom. The molecule has 158 valence electrons. The van der Waals surface area contributed by atoms with Gasteiger partial charge in [0.25, 0.3) is 0 Å². The second-order valence-electron chi connectivity index (χ2n) is 7.37. The summed E-state index contributed by atoms with van der Waals surface area (Å²) in [4.78, 5) is 6.72. The number of aliphatic hydroxyl groups is 1. The Labute approximate surface area is 191 Å². The summed E-state index contributed by atoms with van der Waals surface area (Å²) in [5.74, 6) is 0. The Bertz CT molecular complexity index is 1090. The van der Waals surface area contributed by atoms with Crippen LogP contribution in [0, 0.1) is 11.3 Å². The van der Waals surface area contributed by atoms with Crippen molar-refractivity contribution in [2.45, 2.75) is 12.1 Å². The molecule has 1 aliphatic heterocycles. The molecule has 5 nitrogen and oxygen atoms in total. The molecule has 0 aliphatic carbocycles. The SMILES string of the molecule is N#Cc1cccc(C(C(O)c2cccnc2-c2cc(Cl)cc(Cl)c2)N2CCOCC2)c1. The third kappa shape index (κ3) is 4.90. The summed E-state index contributed by atoms with van der Waals surface area (Å²) in [6, 6.07) is 18.1. The summed E-state index contributed by atoms with van der Waals surface area (Å²) >= 11 is 12.4. The normalized spacial score (nSPS) is 16.5. The second kappa shape index (κ2) is 9.78. The van der Waals surface area contributed by atoms with E-state index in [2.05, 4.69) is 16.0 Å². The molecule has 0 bridgehead atoms. The number of nitrogens with zero attached hydrogens (tertiary/aromatic N) is 3. The maximum atomic E-state index is 11.7. The zero-order valence-electron chi connectivity index (χ0n) is 16.7. The predicted molar refractivity (Wildman–Crippen MR) is 121 cm³/mol. The highest BCUT2D eigenvalue weighted by molar-refractivity contribution is 6.35. The van der Waals surface area contributed by atoms with Gasteiger partial charge in [-0.15, -0.1) is 0 Å². The van der Waals surface area contributed by atoms with Gasteiger partial charge in [0, 0.05) is 40.5 Å². The lowest BCUT2D eigenvalue weighted by Gasteiger charge is -2.38. The molecule has 3 aromatic rings. The van der Waals surface area contributed by atoms with Gasteiger partial charge in [0.15, 0.2) is 0 Å². The largest absolute Gasteiger partial charge is 0.386 e. The van der Waals surface area contributed by atoms with E-state index >= 15 is 0 Å².